The van der Waals surface area contributed by atoms with Gasteiger partial charge in [-0.3, -0.25) is 4.79 Å². The van der Waals surface area contributed by atoms with Crippen LogP contribution in [0.4, 0.5) is 0 Å². The molecule has 1 aromatic heterocycles. The summed E-state index contributed by atoms with van der Waals surface area (Å²) in [7, 11) is 0. The van der Waals surface area contributed by atoms with Crippen molar-refractivity contribution >= 4 is 16.8 Å². The smallest absolute Gasteiger partial charge is 0.171 e. The van der Waals surface area contributed by atoms with Crippen molar-refractivity contribution in [3.8, 4) is 51.6 Å². The lowest BCUT2D eigenvalue weighted by Gasteiger charge is -2.37. The first kappa shape index (κ1) is 27.6. The third-order valence-corrected chi connectivity index (χ3v) is 8.05. The van der Waals surface area contributed by atoms with E-state index in [1.165, 1.54) is 54.6 Å². The Morgan fingerprint density at radius 3 is 2.02 bits per heavy atom. The predicted octanol–water partition coefficient (Wildman–Crippen LogP) is 6.76. The van der Waals surface area contributed by atoms with Gasteiger partial charge in [0.05, 0.1) is 5.56 Å². The van der Waals surface area contributed by atoms with Gasteiger partial charge in [0.15, 0.2) is 5.78 Å². The maximum Gasteiger partial charge on any atom is 0.171 e. The molecule has 1 heterocycles. The van der Waals surface area contributed by atoms with Crippen LogP contribution in [0.15, 0.2) is 88.9 Å². The molecule has 0 radical (unpaired) electrons. The minimum absolute atomic E-state index is 0.0264. The van der Waals surface area contributed by atoms with Gasteiger partial charge in [-0.2, -0.15) is 0 Å². The van der Waals surface area contributed by atoms with Crippen LogP contribution in [-0.2, 0) is 0 Å². The molecule has 0 fully saturated rings. The van der Waals surface area contributed by atoms with Crippen molar-refractivity contribution in [2.75, 3.05) is 0 Å². The second-order valence-electron chi connectivity index (χ2n) is 10.9. The quantitative estimate of drug-likeness (QED) is 0.0876. The number of Topliss-reactive ketones (excluding diaryl/α,β-unsaturated/α-hetero) is 1. The van der Waals surface area contributed by atoms with Crippen molar-refractivity contribution in [2.24, 2.45) is 5.92 Å². The van der Waals surface area contributed by atoms with Crippen LogP contribution in [0, 0.1) is 5.92 Å². The Hall–Kier alpha value is -5.57. The van der Waals surface area contributed by atoms with Crippen LogP contribution in [0.3, 0.4) is 0 Å². The molecule has 3 atom stereocenters. The Morgan fingerprint density at radius 2 is 1.35 bits per heavy atom. The molecule has 9 heteroatoms. The van der Waals surface area contributed by atoms with Gasteiger partial charge in [-0.15, -0.1) is 0 Å². The Morgan fingerprint density at radius 1 is 0.721 bits per heavy atom. The minimum Gasteiger partial charge on any atom is -0.508 e. The van der Waals surface area contributed by atoms with Gasteiger partial charge in [0.2, 0.25) is 0 Å². The molecule has 0 saturated carbocycles. The van der Waals surface area contributed by atoms with E-state index in [9.17, 15) is 40.5 Å². The van der Waals surface area contributed by atoms with E-state index < -0.39 is 29.3 Å². The van der Waals surface area contributed by atoms with Crippen LogP contribution in [0.1, 0.15) is 46.7 Å². The lowest BCUT2D eigenvalue weighted by molar-refractivity contribution is 0.0876. The zero-order valence-corrected chi connectivity index (χ0v) is 22.9. The first-order valence-electron chi connectivity index (χ1n) is 13.5. The largest absolute Gasteiger partial charge is 0.508 e. The summed E-state index contributed by atoms with van der Waals surface area (Å²) in [4.78, 5) is 14.2. The second-order valence-corrected chi connectivity index (χ2v) is 10.9. The highest BCUT2D eigenvalue weighted by Gasteiger charge is 2.43. The lowest BCUT2D eigenvalue weighted by Crippen LogP contribution is -2.31. The summed E-state index contributed by atoms with van der Waals surface area (Å²) in [6.07, 6.45) is 2.10. The summed E-state index contributed by atoms with van der Waals surface area (Å²) in [5, 5.41) is 74.3. The highest BCUT2D eigenvalue weighted by molar-refractivity contribution is 6.02. The predicted molar refractivity (Wildman–Crippen MR) is 158 cm³/mol. The molecule has 0 amide bonds. The number of fused-ring (bicyclic) bond motifs is 1. The summed E-state index contributed by atoms with van der Waals surface area (Å²) in [6.45, 7) is 1.84. The van der Waals surface area contributed by atoms with E-state index in [-0.39, 0.29) is 45.6 Å². The number of benzene rings is 4. The molecule has 43 heavy (non-hydrogen) atoms. The third-order valence-electron chi connectivity index (χ3n) is 8.05. The van der Waals surface area contributed by atoms with Gasteiger partial charge in [0, 0.05) is 52.5 Å². The molecule has 4 aromatic carbocycles. The summed E-state index contributed by atoms with van der Waals surface area (Å²) >= 11 is 0. The molecule has 0 saturated heterocycles. The van der Waals surface area contributed by atoms with E-state index in [2.05, 4.69) is 0 Å². The fourth-order valence-corrected chi connectivity index (χ4v) is 6.14. The fraction of sp³-hybridized carbons (Fsp3) is 0.147. The zero-order valence-electron chi connectivity index (χ0n) is 22.9. The maximum atomic E-state index is 14.2. The van der Waals surface area contributed by atoms with Crippen molar-refractivity contribution in [1.82, 2.24) is 0 Å². The third kappa shape index (κ3) is 4.95. The number of carbonyl (C=O) groups excluding carboxylic acids is 1. The van der Waals surface area contributed by atoms with Crippen molar-refractivity contribution in [3.05, 3.63) is 101 Å². The summed E-state index contributed by atoms with van der Waals surface area (Å²) < 4.78 is 5.84. The van der Waals surface area contributed by atoms with Crippen molar-refractivity contribution in [1.29, 1.82) is 0 Å². The number of aromatic hydroxyl groups is 7. The van der Waals surface area contributed by atoms with E-state index in [0.717, 1.165) is 11.6 Å². The van der Waals surface area contributed by atoms with Gasteiger partial charge in [-0.25, -0.2) is 0 Å². The highest BCUT2D eigenvalue weighted by Crippen LogP contribution is 2.53. The molecular formula is C34H28O9. The van der Waals surface area contributed by atoms with E-state index in [1.54, 1.807) is 18.2 Å². The number of furan rings is 1. The molecule has 0 aliphatic heterocycles. The number of carbonyl (C=O) groups is 1. The van der Waals surface area contributed by atoms with Crippen LogP contribution < -0.4 is 0 Å². The molecule has 5 aromatic rings. The van der Waals surface area contributed by atoms with Gasteiger partial charge >= 0.3 is 0 Å². The van der Waals surface area contributed by atoms with Gasteiger partial charge in [-0.05, 0) is 67.4 Å². The van der Waals surface area contributed by atoms with E-state index in [0.29, 0.717) is 34.3 Å². The molecule has 0 spiro atoms. The average molecular weight is 581 g/mol. The van der Waals surface area contributed by atoms with E-state index in [4.69, 9.17) is 4.42 Å². The number of hydrogen-bond donors (Lipinski definition) is 7. The van der Waals surface area contributed by atoms with Crippen LogP contribution in [-0.4, -0.2) is 41.5 Å². The van der Waals surface area contributed by atoms with Gasteiger partial charge in [0.1, 0.15) is 51.6 Å². The van der Waals surface area contributed by atoms with Crippen LogP contribution in [0.2, 0.25) is 0 Å². The number of phenols is 7. The van der Waals surface area contributed by atoms with E-state index in [1.807, 2.05) is 6.92 Å². The SMILES string of the molecule is CC1=C[C@H](c2c(O)cc(-c3cc4ccc(O)cc4o3)cc2O)[C@H](C(=O)c2ccc(O)cc2O)[C@@H](c2ccc(O)cc2O)C1. The number of ketones is 1. The Bertz CT molecular complexity index is 1910. The summed E-state index contributed by atoms with van der Waals surface area (Å²) in [6, 6.07) is 16.9. The maximum absolute atomic E-state index is 14.2. The normalized spacial score (nSPS) is 18.4. The Labute approximate surface area is 245 Å². The fourth-order valence-electron chi connectivity index (χ4n) is 6.14. The molecule has 0 bridgehead atoms. The number of phenolic OH excluding ortho intramolecular Hbond substituents is 7. The highest BCUT2D eigenvalue weighted by atomic mass is 16.3. The van der Waals surface area contributed by atoms with Gasteiger partial charge < -0.3 is 40.2 Å². The van der Waals surface area contributed by atoms with Gasteiger partial charge in [-0.1, -0.05) is 17.7 Å². The zero-order chi connectivity index (χ0) is 30.6. The first-order chi connectivity index (χ1) is 20.5. The molecule has 7 N–H and O–H groups in total. The number of hydrogen-bond acceptors (Lipinski definition) is 9. The summed E-state index contributed by atoms with van der Waals surface area (Å²) in [5.41, 5.74) is 1.95. The standard InChI is InChI=1S/C34H28O9/c1-16-8-24(22-6-4-19(35)13-26(22)38)32(34(42)23-7-5-20(36)14-27(23)39)25(9-16)33-28(40)10-18(11-29(33)41)30-12-17-2-3-21(37)15-31(17)43-30/h2-7,9-15,24-25,32,35-41H,8H2,1H3/t24-,25+,32-/m1/s1. The van der Waals surface area contributed by atoms with Crippen molar-refractivity contribution in [2.45, 2.75) is 25.2 Å². The molecule has 6 rings (SSSR count). The Kier molecular flexibility index (Phi) is 6.65. The molecule has 1 aliphatic carbocycles. The number of rotatable bonds is 5. The first-order valence-corrected chi connectivity index (χ1v) is 13.5. The number of allylic oxidation sites excluding steroid dienone is 2. The monoisotopic (exact) mass is 580 g/mol. The van der Waals surface area contributed by atoms with Crippen molar-refractivity contribution < 1.29 is 45.0 Å². The molecule has 1 aliphatic rings. The minimum atomic E-state index is -1.04. The molecule has 9 nitrogen and oxygen atoms in total. The Balaban J connectivity index is 1.50. The topological polar surface area (TPSA) is 172 Å². The second kappa shape index (κ2) is 10.4. The van der Waals surface area contributed by atoms with E-state index >= 15 is 0 Å². The van der Waals surface area contributed by atoms with Crippen LogP contribution in [0.5, 0.6) is 40.2 Å². The van der Waals surface area contributed by atoms with Crippen LogP contribution in [0.25, 0.3) is 22.3 Å². The molecule has 218 valence electrons. The summed E-state index contributed by atoms with van der Waals surface area (Å²) in [5.74, 6) is -4.49. The molecule has 0 unspecified atom stereocenters. The lowest BCUT2D eigenvalue weighted by atomic mass is 9.65. The molecular weight excluding hydrogens is 552 g/mol. The van der Waals surface area contributed by atoms with Crippen molar-refractivity contribution in [3.63, 3.8) is 0 Å². The van der Waals surface area contributed by atoms with Crippen LogP contribution >= 0.6 is 0 Å². The van der Waals surface area contributed by atoms with Gasteiger partial charge in [0.25, 0.3) is 0 Å². The average Bonchev–Trinajstić information content (AvgIpc) is 3.35.